The number of rotatable bonds is 5. The van der Waals surface area contributed by atoms with E-state index in [9.17, 15) is 4.79 Å². The third-order valence-electron chi connectivity index (χ3n) is 3.81. The van der Waals surface area contributed by atoms with Crippen molar-refractivity contribution in [1.29, 1.82) is 0 Å². The van der Waals surface area contributed by atoms with Crippen LogP contribution in [-0.4, -0.2) is 37.5 Å². The van der Waals surface area contributed by atoms with E-state index in [2.05, 4.69) is 17.3 Å². The molecule has 1 aliphatic rings. The first-order chi connectivity index (χ1) is 9.15. The fraction of sp³-hybridized carbons (Fsp3) is 0.533. The SMILES string of the molecule is CN1CCC(CNCc2cccc(C(N)=O)c2)CC1. The lowest BCUT2D eigenvalue weighted by Crippen LogP contribution is -2.34. The molecule has 2 rings (SSSR count). The number of nitrogens with two attached hydrogens (primary N) is 1. The Balaban J connectivity index is 1.76. The molecule has 0 saturated carbocycles. The maximum atomic E-state index is 11.1. The number of carbonyl (C=O) groups is 1. The molecule has 1 saturated heterocycles. The minimum atomic E-state index is -0.364. The number of nitrogens with one attached hydrogen (secondary N) is 1. The van der Waals surface area contributed by atoms with Gasteiger partial charge in [-0.05, 0) is 63.1 Å². The lowest BCUT2D eigenvalue weighted by molar-refractivity contribution is 0.1000. The van der Waals surface area contributed by atoms with Crippen LogP contribution in [0.25, 0.3) is 0 Å². The van der Waals surface area contributed by atoms with Crippen LogP contribution < -0.4 is 11.1 Å². The largest absolute Gasteiger partial charge is 0.366 e. The number of likely N-dealkylation sites (tertiary alicyclic amines) is 1. The minimum absolute atomic E-state index is 0.364. The van der Waals surface area contributed by atoms with Crippen molar-refractivity contribution in [2.45, 2.75) is 19.4 Å². The van der Waals surface area contributed by atoms with E-state index >= 15 is 0 Å². The molecule has 0 aromatic heterocycles. The Labute approximate surface area is 115 Å². The summed E-state index contributed by atoms with van der Waals surface area (Å²) in [5.74, 6) is 0.410. The molecule has 0 spiro atoms. The predicted octanol–water partition coefficient (Wildman–Crippen LogP) is 1.22. The molecule has 1 aliphatic heterocycles. The molecule has 0 aliphatic carbocycles. The Morgan fingerprint density at radius 2 is 2.16 bits per heavy atom. The first-order valence-corrected chi connectivity index (χ1v) is 6.93. The van der Waals surface area contributed by atoms with Gasteiger partial charge in [-0.25, -0.2) is 0 Å². The van der Waals surface area contributed by atoms with E-state index in [-0.39, 0.29) is 5.91 Å². The van der Waals surface area contributed by atoms with Crippen molar-refractivity contribution >= 4 is 5.91 Å². The Morgan fingerprint density at radius 3 is 2.84 bits per heavy atom. The Bertz CT molecular complexity index is 425. The van der Waals surface area contributed by atoms with Crippen LogP contribution >= 0.6 is 0 Å². The highest BCUT2D eigenvalue weighted by molar-refractivity contribution is 5.92. The van der Waals surface area contributed by atoms with Gasteiger partial charge in [-0.3, -0.25) is 4.79 Å². The standard InChI is InChI=1S/C15H23N3O/c1-18-7-5-12(6-8-18)10-17-11-13-3-2-4-14(9-13)15(16)19/h2-4,9,12,17H,5-8,10-11H2,1H3,(H2,16,19). The monoisotopic (exact) mass is 261 g/mol. The average Bonchev–Trinajstić information content (AvgIpc) is 2.41. The summed E-state index contributed by atoms with van der Waals surface area (Å²) in [6.07, 6.45) is 2.54. The van der Waals surface area contributed by atoms with Crippen LogP contribution in [-0.2, 0) is 6.54 Å². The summed E-state index contributed by atoms with van der Waals surface area (Å²) in [6, 6.07) is 7.52. The number of hydrogen-bond donors (Lipinski definition) is 2. The Morgan fingerprint density at radius 1 is 1.42 bits per heavy atom. The topological polar surface area (TPSA) is 58.4 Å². The fourth-order valence-electron chi connectivity index (χ4n) is 2.52. The van der Waals surface area contributed by atoms with E-state index in [0.717, 1.165) is 24.6 Å². The quantitative estimate of drug-likeness (QED) is 0.838. The molecule has 1 heterocycles. The summed E-state index contributed by atoms with van der Waals surface area (Å²) in [5, 5.41) is 3.48. The second-order valence-corrected chi connectivity index (χ2v) is 5.44. The normalized spacial score (nSPS) is 17.5. The van der Waals surface area contributed by atoms with Gasteiger partial charge in [0.15, 0.2) is 0 Å². The second-order valence-electron chi connectivity index (χ2n) is 5.44. The van der Waals surface area contributed by atoms with Gasteiger partial charge in [0.2, 0.25) is 5.91 Å². The van der Waals surface area contributed by atoms with Crippen molar-refractivity contribution in [2.75, 3.05) is 26.7 Å². The number of carbonyl (C=O) groups excluding carboxylic acids is 1. The van der Waals surface area contributed by atoms with Gasteiger partial charge in [-0.2, -0.15) is 0 Å². The molecule has 104 valence electrons. The summed E-state index contributed by atoms with van der Waals surface area (Å²) < 4.78 is 0. The van der Waals surface area contributed by atoms with Crippen molar-refractivity contribution < 1.29 is 4.79 Å². The smallest absolute Gasteiger partial charge is 0.248 e. The van der Waals surface area contributed by atoms with Crippen molar-refractivity contribution in [2.24, 2.45) is 11.7 Å². The first kappa shape index (κ1) is 14.0. The van der Waals surface area contributed by atoms with Crippen molar-refractivity contribution in [3.05, 3.63) is 35.4 Å². The maximum Gasteiger partial charge on any atom is 0.248 e. The maximum absolute atomic E-state index is 11.1. The molecule has 1 amide bonds. The average molecular weight is 261 g/mol. The molecular formula is C15H23N3O. The molecule has 3 N–H and O–H groups in total. The van der Waals surface area contributed by atoms with E-state index in [0.29, 0.717) is 5.56 Å². The van der Waals surface area contributed by atoms with Gasteiger partial charge in [0.1, 0.15) is 0 Å². The Hall–Kier alpha value is -1.39. The molecule has 19 heavy (non-hydrogen) atoms. The molecule has 0 atom stereocenters. The number of nitrogens with zero attached hydrogens (tertiary/aromatic N) is 1. The summed E-state index contributed by atoms with van der Waals surface area (Å²) in [4.78, 5) is 13.5. The zero-order valence-electron chi connectivity index (χ0n) is 11.6. The van der Waals surface area contributed by atoms with E-state index < -0.39 is 0 Å². The van der Waals surface area contributed by atoms with Crippen LogP contribution in [0.3, 0.4) is 0 Å². The summed E-state index contributed by atoms with van der Waals surface area (Å²) in [6.45, 7) is 4.25. The lowest BCUT2D eigenvalue weighted by atomic mass is 9.97. The zero-order chi connectivity index (χ0) is 13.7. The molecule has 1 fully saturated rings. The van der Waals surface area contributed by atoms with Gasteiger partial charge in [0, 0.05) is 12.1 Å². The third kappa shape index (κ3) is 4.33. The van der Waals surface area contributed by atoms with Crippen molar-refractivity contribution in [3.8, 4) is 0 Å². The van der Waals surface area contributed by atoms with Crippen LogP contribution in [0, 0.1) is 5.92 Å². The zero-order valence-corrected chi connectivity index (χ0v) is 11.6. The van der Waals surface area contributed by atoms with E-state index in [1.54, 1.807) is 6.07 Å². The van der Waals surface area contributed by atoms with Crippen LogP contribution in [0.15, 0.2) is 24.3 Å². The number of piperidine rings is 1. The lowest BCUT2D eigenvalue weighted by Gasteiger charge is -2.29. The van der Waals surface area contributed by atoms with E-state index in [1.165, 1.54) is 25.9 Å². The Kier molecular flexibility index (Phi) is 4.93. The fourth-order valence-corrected chi connectivity index (χ4v) is 2.52. The van der Waals surface area contributed by atoms with Crippen molar-refractivity contribution in [3.63, 3.8) is 0 Å². The molecule has 1 aromatic rings. The molecule has 1 aromatic carbocycles. The molecule has 0 radical (unpaired) electrons. The third-order valence-corrected chi connectivity index (χ3v) is 3.81. The van der Waals surface area contributed by atoms with Gasteiger partial charge in [0.05, 0.1) is 0 Å². The number of primary amides is 1. The molecule has 0 unspecified atom stereocenters. The second kappa shape index (κ2) is 6.68. The van der Waals surface area contributed by atoms with Crippen molar-refractivity contribution in [1.82, 2.24) is 10.2 Å². The highest BCUT2D eigenvalue weighted by Crippen LogP contribution is 2.15. The summed E-state index contributed by atoms with van der Waals surface area (Å²) >= 11 is 0. The van der Waals surface area contributed by atoms with Gasteiger partial charge in [-0.15, -0.1) is 0 Å². The predicted molar refractivity (Wildman–Crippen MR) is 76.9 cm³/mol. The van der Waals surface area contributed by atoms with Crippen LogP contribution in [0.4, 0.5) is 0 Å². The van der Waals surface area contributed by atoms with Crippen LogP contribution in [0.1, 0.15) is 28.8 Å². The van der Waals surface area contributed by atoms with E-state index in [4.69, 9.17) is 5.73 Å². The van der Waals surface area contributed by atoms with Crippen LogP contribution in [0.5, 0.6) is 0 Å². The van der Waals surface area contributed by atoms with Gasteiger partial charge >= 0.3 is 0 Å². The number of hydrogen-bond acceptors (Lipinski definition) is 3. The van der Waals surface area contributed by atoms with Gasteiger partial charge in [0.25, 0.3) is 0 Å². The van der Waals surface area contributed by atoms with Gasteiger partial charge < -0.3 is 16.0 Å². The molecule has 4 nitrogen and oxygen atoms in total. The van der Waals surface area contributed by atoms with E-state index in [1.807, 2.05) is 18.2 Å². The van der Waals surface area contributed by atoms with Crippen LogP contribution in [0.2, 0.25) is 0 Å². The highest BCUT2D eigenvalue weighted by Gasteiger charge is 2.15. The molecule has 0 bridgehead atoms. The summed E-state index contributed by atoms with van der Waals surface area (Å²) in [7, 11) is 2.18. The number of amides is 1. The van der Waals surface area contributed by atoms with Gasteiger partial charge in [-0.1, -0.05) is 12.1 Å². The molecule has 4 heteroatoms. The number of benzene rings is 1. The molecular weight excluding hydrogens is 238 g/mol. The summed E-state index contributed by atoms with van der Waals surface area (Å²) in [5.41, 5.74) is 6.97. The highest BCUT2D eigenvalue weighted by atomic mass is 16.1. The minimum Gasteiger partial charge on any atom is -0.366 e. The first-order valence-electron chi connectivity index (χ1n) is 6.93.